The maximum absolute atomic E-state index is 13.4. The van der Waals surface area contributed by atoms with Gasteiger partial charge in [-0.3, -0.25) is 4.99 Å². The summed E-state index contributed by atoms with van der Waals surface area (Å²) in [6, 6.07) is 10.6. The standard InChI is InChI=1S/C19H23BrFN3O2/c1-22-19(24-12-14-8-15(20)11-16(21)9-14)23-7-6-13-4-5-17(25-2)18(10-13)26-3/h4-5,8-11H,6-7,12H2,1-3H3,(H2,22,23,24). The molecule has 0 heterocycles. The summed E-state index contributed by atoms with van der Waals surface area (Å²) in [7, 11) is 4.94. The van der Waals surface area contributed by atoms with Gasteiger partial charge in [0.05, 0.1) is 14.2 Å². The highest BCUT2D eigenvalue weighted by Crippen LogP contribution is 2.27. The minimum Gasteiger partial charge on any atom is -0.493 e. The van der Waals surface area contributed by atoms with Crippen LogP contribution in [-0.4, -0.2) is 33.8 Å². The number of nitrogens with one attached hydrogen (secondary N) is 2. The van der Waals surface area contributed by atoms with Crippen molar-refractivity contribution >= 4 is 21.9 Å². The van der Waals surface area contributed by atoms with Crippen LogP contribution in [0.4, 0.5) is 4.39 Å². The van der Waals surface area contributed by atoms with Gasteiger partial charge in [-0.15, -0.1) is 0 Å². The molecule has 0 aromatic heterocycles. The van der Waals surface area contributed by atoms with Crippen molar-refractivity contribution in [2.75, 3.05) is 27.8 Å². The van der Waals surface area contributed by atoms with E-state index in [4.69, 9.17) is 9.47 Å². The van der Waals surface area contributed by atoms with Crippen molar-refractivity contribution in [1.82, 2.24) is 10.6 Å². The van der Waals surface area contributed by atoms with Crippen molar-refractivity contribution in [3.05, 3.63) is 57.8 Å². The second-order valence-electron chi connectivity index (χ2n) is 5.57. The lowest BCUT2D eigenvalue weighted by molar-refractivity contribution is 0.354. The molecule has 2 aromatic rings. The first-order chi connectivity index (χ1) is 12.5. The summed E-state index contributed by atoms with van der Waals surface area (Å²) in [5.74, 6) is 1.81. The summed E-state index contributed by atoms with van der Waals surface area (Å²) < 4.78 is 24.7. The maximum atomic E-state index is 13.4. The zero-order chi connectivity index (χ0) is 18.9. The molecule has 0 atom stereocenters. The molecular formula is C19H23BrFN3O2. The number of methoxy groups -OCH3 is 2. The van der Waals surface area contributed by atoms with Gasteiger partial charge in [-0.25, -0.2) is 4.39 Å². The third kappa shape index (κ3) is 5.91. The third-order valence-corrected chi connectivity index (χ3v) is 4.22. The van der Waals surface area contributed by atoms with Crippen LogP contribution in [0.2, 0.25) is 0 Å². The van der Waals surface area contributed by atoms with Crippen LogP contribution in [0.25, 0.3) is 0 Å². The Morgan fingerprint density at radius 3 is 2.46 bits per heavy atom. The van der Waals surface area contributed by atoms with Crippen molar-refractivity contribution in [2.24, 2.45) is 4.99 Å². The molecule has 140 valence electrons. The molecule has 0 saturated carbocycles. The number of rotatable bonds is 7. The topological polar surface area (TPSA) is 54.9 Å². The van der Waals surface area contributed by atoms with E-state index in [0.717, 1.165) is 17.5 Å². The molecule has 0 saturated heterocycles. The summed E-state index contributed by atoms with van der Waals surface area (Å²) in [6.07, 6.45) is 0.798. The Morgan fingerprint density at radius 2 is 1.81 bits per heavy atom. The van der Waals surface area contributed by atoms with E-state index >= 15 is 0 Å². The number of ether oxygens (including phenoxy) is 2. The molecule has 2 rings (SSSR count). The second-order valence-corrected chi connectivity index (χ2v) is 6.49. The summed E-state index contributed by atoms with van der Waals surface area (Å²) in [4.78, 5) is 4.18. The Morgan fingerprint density at radius 1 is 1.04 bits per heavy atom. The predicted molar refractivity (Wildman–Crippen MR) is 106 cm³/mol. The van der Waals surface area contributed by atoms with Gasteiger partial charge in [0, 0.05) is 24.6 Å². The Hall–Kier alpha value is -2.28. The van der Waals surface area contributed by atoms with Gasteiger partial charge in [-0.1, -0.05) is 22.0 Å². The Kier molecular flexibility index (Phi) is 7.72. The molecule has 0 aliphatic carbocycles. The van der Waals surface area contributed by atoms with Crippen molar-refractivity contribution in [1.29, 1.82) is 0 Å². The van der Waals surface area contributed by atoms with E-state index in [2.05, 4.69) is 31.6 Å². The van der Waals surface area contributed by atoms with Crippen molar-refractivity contribution in [2.45, 2.75) is 13.0 Å². The number of hydrogen-bond acceptors (Lipinski definition) is 3. The summed E-state index contributed by atoms with van der Waals surface area (Å²) in [5.41, 5.74) is 1.96. The summed E-state index contributed by atoms with van der Waals surface area (Å²) in [5, 5.41) is 6.42. The molecule has 2 N–H and O–H groups in total. The quantitative estimate of drug-likeness (QED) is 0.528. The van der Waals surface area contributed by atoms with Gasteiger partial charge >= 0.3 is 0 Å². The molecule has 5 nitrogen and oxygen atoms in total. The highest BCUT2D eigenvalue weighted by Gasteiger charge is 2.05. The predicted octanol–water partition coefficient (Wildman–Crippen LogP) is 3.51. The Labute approximate surface area is 161 Å². The van der Waals surface area contributed by atoms with Crippen LogP contribution in [0, 0.1) is 5.82 Å². The van der Waals surface area contributed by atoms with Crippen molar-refractivity contribution in [3.8, 4) is 11.5 Å². The monoisotopic (exact) mass is 423 g/mol. The lowest BCUT2D eigenvalue weighted by Crippen LogP contribution is -2.37. The molecule has 0 fully saturated rings. The lowest BCUT2D eigenvalue weighted by Gasteiger charge is -2.13. The van der Waals surface area contributed by atoms with Gasteiger partial charge in [0.2, 0.25) is 0 Å². The fourth-order valence-corrected chi connectivity index (χ4v) is 2.99. The van der Waals surface area contributed by atoms with Crippen molar-refractivity contribution in [3.63, 3.8) is 0 Å². The molecular weight excluding hydrogens is 401 g/mol. The molecule has 0 aliphatic rings. The first-order valence-electron chi connectivity index (χ1n) is 8.16. The smallest absolute Gasteiger partial charge is 0.191 e. The summed E-state index contributed by atoms with van der Waals surface area (Å²) in [6.45, 7) is 1.17. The fraction of sp³-hybridized carbons (Fsp3) is 0.316. The normalized spacial score (nSPS) is 11.2. The largest absolute Gasteiger partial charge is 0.493 e. The van der Waals surface area contributed by atoms with E-state index in [1.54, 1.807) is 21.3 Å². The molecule has 0 radical (unpaired) electrons. The van der Waals surface area contributed by atoms with Crippen molar-refractivity contribution < 1.29 is 13.9 Å². The zero-order valence-corrected chi connectivity index (χ0v) is 16.7. The van der Waals surface area contributed by atoms with Crippen LogP contribution >= 0.6 is 15.9 Å². The van der Waals surface area contributed by atoms with E-state index in [1.807, 2.05) is 24.3 Å². The molecule has 2 aromatic carbocycles. The molecule has 7 heteroatoms. The SMILES string of the molecule is CN=C(NCCc1ccc(OC)c(OC)c1)NCc1cc(F)cc(Br)c1. The van der Waals surface area contributed by atoms with Crippen LogP contribution in [0.3, 0.4) is 0 Å². The van der Waals surface area contributed by atoms with Crippen LogP contribution in [-0.2, 0) is 13.0 Å². The van der Waals surface area contributed by atoms with E-state index < -0.39 is 0 Å². The molecule has 0 amide bonds. The van der Waals surface area contributed by atoms with Crippen LogP contribution in [0.15, 0.2) is 45.9 Å². The molecule has 0 bridgehead atoms. The van der Waals surface area contributed by atoms with Gasteiger partial charge in [-0.05, 0) is 47.9 Å². The number of halogens is 2. The zero-order valence-electron chi connectivity index (χ0n) is 15.1. The van der Waals surface area contributed by atoms with Crippen LogP contribution < -0.4 is 20.1 Å². The van der Waals surface area contributed by atoms with E-state index in [9.17, 15) is 4.39 Å². The van der Waals surface area contributed by atoms with Gasteiger partial charge in [-0.2, -0.15) is 0 Å². The summed E-state index contributed by atoms with van der Waals surface area (Å²) >= 11 is 3.29. The first kappa shape index (κ1) is 20.0. The van der Waals surface area contributed by atoms with E-state index in [-0.39, 0.29) is 5.82 Å². The minimum absolute atomic E-state index is 0.271. The van der Waals surface area contributed by atoms with Crippen LogP contribution in [0.1, 0.15) is 11.1 Å². The molecule has 0 aliphatic heterocycles. The number of guanidine groups is 1. The number of hydrogen-bond donors (Lipinski definition) is 2. The molecule has 0 unspecified atom stereocenters. The van der Waals surface area contributed by atoms with Crippen LogP contribution in [0.5, 0.6) is 11.5 Å². The highest BCUT2D eigenvalue weighted by atomic mass is 79.9. The van der Waals surface area contributed by atoms with Gasteiger partial charge in [0.25, 0.3) is 0 Å². The molecule has 26 heavy (non-hydrogen) atoms. The van der Waals surface area contributed by atoms with E-state index in [0.29, 0.717) is 35.0 Å². The van der Waals surface area contributed by atoms with E-state index in [1.165, 1.54) is 12.1 Å². The molecule has 0 spiro atoms. The maximum Gasteiger partial charge on any atom is 0.191 e. The average molecular weight is 424 g/mol. The highest BCUT2D eigenvalue weighted by molar-refractivity contribution is 9.10. The van der Waals surface area contributed by atoms with Gasteiger partial charge < -0.3 is 20.1 Å². The number of aliphatic imine (C=N–C) groups is 1. The Balaban J connectivity index is 1.85. The average Bonchev–Trinajstić information content (AvgIpc) is 2.63. The fourth-order valence-electron chi connectivity index (χ4n) is 2.48. The number of nitrogens with zero attached hydrogens (tertiary/aromatic N) is 1. The Bertz CT molecular complexity index is 748. The lowest BCUT2D eigenvalue weighted by atomic mass is 10.1. The third-order valence-electron chi connectivity index (χ3n) is 3.76. The number of benzene rings is 2. The first-order valence-corrected chi connectivity index (χ1v) is 8.95. The second kappa shape index (κ2) is 10.0. The minimum atomic E-state index is -0.271. The van der Waals surface area contributed by atoms with Gasteiger partial charge in [0.1, 0.15) is 5.82 Å². The van der Waals surface area contributed by atoms with Gasteiger partial charge in [0.15, 0.2) is 17.5 Å².